The summed E-state index contributed by atoms with van der Waals surface area (Å²) in [5, 5.41) is 8.56. The highest BCUT2D eigenvalue weighted by molar-refractivity contribution is 5.66. The summed E-state index contributed by atoms with van der Waals surface area (Å²) in [5.74, 6) is 0.726. The minimum absolute atomic E-state index is 0.127. The summed E-state index contributed by atoms with van der Waals surface area (Å²) in [6.07, 6.45) is 0.638. The molecule has 0 amide bonds. The molecule has 0 aliphatic carbocycles. The van der Waals surface area contributed by atoms with E-state index in [0.29, 0.717) is 19.6 Å². The van der Waals surface area contributed by atoms with E-state index in [0.717, 1.165) is 17.1 Å². The minimum atomic E-state index is -0.800. The maximum atomic E-state index is 10.4. The second-order valence-corrected chi connectivity index (χ2v) is 4.57. The highest BCUT2D eigenvalue weighted by atomic mass is 16.5. The van der Waals surface area contributed by atoms with Gasteiger partial charge in [-0.25, -0.2) is 0 Å². The van der Waals surface area contributed by atoms with Crippen molar-refractivity contribution in [2.45, 2.75) is 19.4 Å². The Labute approximate surface area is 123 Å². The summed E-state index contributed by atoms with van der Waals surface area (Å²) in [6, 6.07) is 17.2. The average molecular weight is 286 g/mol. The smallest absolute Gasteiger partial charge is 0.303 e. The van der Waals surface area contributed by atoms with Crippen molar-refractivity contribution in [3.05, 3.63) is 60.2 Å². The van der Waals surface area contributed by atoms with Gasteiger partial charge in [0.1, 0.15) is 11.5 Å². The van der Waals surface area contributed by atoms with Crippen molar-refractivity contribution in [1.29, 1.82) is 0 Å². The van der Waals surface area contributed by atoms with E-state index < -0.39 is 5.97 Å². The molecule has 1 N–H and O–H groups in total. The molecule has 21 heavy (non-hydrogen) atoms. The van der Waals surface area contributed by atoms with Crippen LogP contribution in [0, 0.1) is 0 Å². The van der Waals surface area contributed by atoms with Crippen molar-refractivity contribution in [1.82, 2.24) is 0 Å². The number of carboxylic acids is 1. The van der Waals surface area contributed by atoms with Gasteiger partial charge in [-0.05, 0) is 24.6 Å². The van der Waals surface area contributed by atoms with E-state index in [-0.39, 0.29) is 6.42 Å². The molecule has 0 unspecified atom stereocenters. The Hall–Kier alpha value is -2.33. The standard InChI is InChI=1S/C17H18O4/c18-17(19)11-6-12-20-13-14-7-4-5-10-16(14)21-15-8-2-1-3-9-15/h1-5,7-10H,6,11-13H2,(H,18,19). The first-order chi connectivity index (χ1) is 10.3. The molecule has 0 aliphatic heterocycles. The van der Waals surface area contributed by atoms with Crippen LogP contribution >= 0.6 is 0 Å². The third-order valence-electron chi connectivity index (χ3n) is 2.88. The fourth-order valence-electron chi connectivity index (χ4n) is 1.85. The second-order valence-electron chi connectivity index (χ2n) is 4.57. The molecule has 0 fully saturated rings. The molecule has 4 nitrogen and oxygen atoms in total. The highest BCUT2D eigenvalue weighted by Crippen LogP contribution is 2.25. The minimum Gasteiger partial charge on any atom is -0.481 e. The molecule has 0 radical (unpaired) electrons. The monoisotopic (exact) mass is 286 g/mol. The molecule has 110 valence electrons. The molecule has 0 aliphatic rings. The van der Waals surface area contributed by atoms with Crippen LogP contribution in [0.25, 0.3) is 0 Å². The summed E-state index contributed by atoms with van der Waals surface area (Å²) in [6.45, 7) is 0.828. The van der Waals surface area contributed by atoms with Gasteiger partial charge in [0.25, 0.3) is 0 Å². The van der Waals surface area contributed by atoms with E-state index >= 15 is 0 Å². The van der Waals surface area contributed by atoms with Crippen LogP contribution < -0.4 is 4.74 Å². The number of hydrogen-bond donors (Lipinski definition) is 1. The van der Waals surface area contributed by atoms with E-state index in [1.54, 1.807) is 0 Å². The quantitative estimate of drug-likeness (QED) is 0.749. The Morgan fingerprint density at radius 1 is 1.00 bits per heavy atom. The molecular weight excluding hydrogens is 268 g/mol. The predicted octanol–water partition coefficient (Wildman–Crippen LogP) is 3.86. The number of benzene rings is 2. The summed E-state index contributed by atoms with van der Waals surface area (Å²) in [7, 11) is 0. The van der Waals surface area contributed by atoms with E-state index in [4.69, 9.17) is 14.6 Å². The van der Waals surface area contributed by atoms with Crippen molar-refractivity contribution in [3.63, 3.8) is 0 Å². The topological polar surface area (TPSA) is 55.8 Å². The van der Waals surface area contributed by atoms with Crippen LogP contribution in [-0.4, -0.2) is 17.7 Å². The lowest BCUT2D eigenvalue weighted by Crippen LogP contribution is -2.01. The van der Waals surface area contributed by atoms with Crippen molar-refractivity contribution >= 4 is 5.97 Å². The lowest BCUT2D eigenvalue weighted by atomic mass is 10.2. The van der Waals surface area contributed by atoms with Gasteiger partial charge in [-0.1, -0.05) is 36.4 Å². The molecule has 4 heteroatoms. The molecule has 0 heterocycles. The summed E-state index contributed by atoms with van der Waals surface area (Å²) < 4.78 is 11.3. The number of rotatable bonds is 8. The van der Waals surface area contributed by atoms with E-state index in [1.165, 1.54) is 0 Å². The third-order valence-corrected chi connectivity index (χ3v) is 2.88. The van der Waals surface area contributed by atoms with Crippen molar-refractivity contribution < 1.29 is 19.4 Å². The lowest BCUT2D eigenvalue weighted by Gasteiger charge is -2.11. The molecule has 2 aromatic rings. The molecule has 0 saturated carbocycles. The highest BCUT2D eigenvalue weighted by Gasteiger charge is 2.05. The maximum absolute atomic E-state index is 10.4. The Morgan fingerprint density at radius 3 is 2.48 bits per heavy atom. The van der Waals surface area contributed by atoms with Gasteiger partial charge in [-0.2, -0.15) is 0 Å². The molecule has 2 rings (SSSR count). The van der Waals surface area contributed by atoms with Crippen LogP contribution in [0.5, 0.6) is 11.5 Å². The molecule has 0 saturated heterocycles. The molecule has 2 aromatic carbocycles. The fraction of sp³-hybridized carbons (Fsp3) is 0.235. The lowest BCUT2D eigenvalue weighted by molar-refractivity contribution is -0.137. The molecule has 0 aromatic heterocycles. The average Bonchev–Trinajstić information content (AvgIpc) is 2.49. The number of carboxylic acid groups (broad SMARTS) is 1. The van der Waals surface area contributed by atoms with Gasteiger partial charge in [0.15, 0.2) is 0 Å². The number of ether oxygens (including phenoxy) is 2. The van der Waals surface area contributed by atoms with Crippen molar-refractivity contribution in [2.24, 2.45) is 0 Å². The summed E-state index contributed by atoms with van der Waals surface area (Å²) in [5.41, 5.74) is 0.941. The molecule has 0 spiro atoms. The zero-order valence-corrected chi connectivity index (χ0v) is 11.7. The number of hydrogen-bond acceptors (Lipinski definition) is 3. The fourth-order valence-corrected chi connectivity index (χ4v) is 1.85. The van der Waals surface area contributed by atoms with Gasteiger partial charge >= 0.3 is 5.97 Å². The number of aliphatic carboxylic acids is 1. The van der Waals surface area contributed by atoms with Crippen molar-refractivity contribution in [3.8, 4) is 11.5 Å². The van der Waals surface area contributed by atoms with Gasteiger partial charge in [-0.15, -0.1) is 0 Å². The van der Waals surface area contributed by atoms with Gasteiger partial charge in [0.05, 0.1) is 6.61 Å². The van der Waals surface area contributed by atoms with Crippen molar-refractivity contribution in [2.75, 3.05) is 6.61 Å². The van der Waals surface area contributed by atoms with Gasteiger partial charge in [0, 0.05) is 18.6 Å². The van der Waals surface area contributed by atoms with Gasteiger partial charge in [0.2, 0.25) is 0 Å². The Balaban J connectivity index is 1.89. The summed E-state index contributed by atoms with van der Waals surface area (Å²) in [4.78, 5) is 10.4. The molecule has 0 atom stereocenters. The van der Waals surface area contributed by atoms with Crippen LogP contribution in [-0.2, 0) is 16.1 Å². The number of para-hydroxylation sites is 2. The number of carbonyl (C=O) groups is 1. The Morgan fingerprint density at radius 2 is 1.71 bits per heavy atom. The second kappa shape index (κ2) is 8.07. The first-order valence-corrected chi connectivity index (χ1v) is 6.86. The normalized spacial score (nSPS) is 10.3. The van der Waals surface area contributed by atoms with Gasteiger partial charge < -0.3 is 14.6 Å². The maximum Gasteiger partial charge on any atom is 0.303 e. The SMILES string of the molecule is O=C(O)CCCOCc1ccccc1Oc1ccccc1. The van der Waals surface area contributed by atoms with Crippen LogP contribution in [0.3, 0.4) is 0 Å². The molecule has 0 bridgehead atoms. The zero-order chi connectivity index (χ0) is 14.9. The van der Waals surface area contributed by atoms with Crippen LogP contribution in [0.4, 0.5) is 0 Å². The molecular formula is C17H18O4. The Bertz CT molecular complexity index is 566. The first kappa shape index (κ1) is 15.1. The van der Waals surface area contributed by atoms with Crippen LogP contribution in [0.1, 0.15) is 18.4 Å². The van der Waals surface area contributed by atoms with Crippen LogP contribution in [0.2, 0.25) is 0 Å². The van der Waals surface area contributed by atoms with Crippen LogP contribution in [0.15, 0.2) is 54.6 Å². The van der Waals surface area contributed by atoms with Gasteiger partial charge in [-0.3, -0.25) is 4.79 Å². The zero-order valence-electron chi connectivity index (χ0n) is 11.7. The Kier molecular flexibility index (Phi) is 5.79. The van der Waals surface area contributed by atoms with E-state index in [9.17, 15) is 4.79 Å². The van der Waals surface area contributed by atoms with E-state index in [1.807, 2.05) is 54.6 Å². The third kappa shape index (κ3) is 5.28. The summed E-state index contributed by atoms with van der Waals surface area (Å²) >= 11 is 0. The van der Waals surface area contributed by atoms with E-state index in [2.05, 4.69) is 0 Å². The largest absolute Gasteiger partial charge is 0.481 e. The first-order valence-electron chi connectivity index (χ1n) is 6.86. The predicted molar refractivity (Wildman–Crippen MR) is 79.5 cm³/mol.